The van der Waals surface area contributed by atoms with E-state index in [1.165, 1.54) is 0 Å². The second-order valence-corrected chi connectivity index (χ2v) is 7.13. The average molecular weight is 385 g/mol. The number of pyridine rings is 1. The Morgan fingerprint density at radius 2 is 1.83 bits per heavy atom. The van der Waals surface area contributed by atoms with Crippen LogP contribution in [0.4, 0.5) is 0 Å². The molecule has 0 amide bonds. The van der Waals surface area contributed by atoms with Crippen molar-refractivity contribution in [2.45, 2.75) is 33.3 Å². The molecule has 2 heterocycles. The number of ether oxygens (including phenoxy) is 1. The fourth-order valence-corrected chi connectivity index (χ4v) is 3.50. The molecule has 0 atom stereocenters. The molecule has 4 rings (SSSR count). The highest BCUT2D eigenvalue weighted by Gasteiger charge is 2.16. The van der Waals surface area contributed by atoms with Crippen LogP contribution in [-0.2, 0) is 6.42 Å². The minimum absolute atomic E-state index is 0.0451. The van der Waals surface area contributed by atoms with Crippen LogP contribution < -0.4 is 10.3 Å². The summed E-state index contributed by atoms with van der Waals surface area (Å²) in [6, 6.07) is 17.3. The normalized spacial score (nSPS) is 11.2. The Balaban J connectivity index is 1.99. The van der Waals surface area contributed by atoms with Gasteiger partial charge in [0.2, 0.25) is 0 Å². The summed E-state index contributed by atoms with van der Waals surface area (Å²) in [5.74, 6) is 1.41. The van der Waals surface area contributed by atoms with E-state index in [1.54, 1.807) is 17.0 Å². The number of nitrogens with zero attached hydrogens (tertiary/aromatic N) is 3. The third-order valence-electron chi connectivity index (χ3n) is 4.69. The average Bonchev–Trinajstić information content (AvgIpc) is 2.73. The van der Waals surface area contributed by atoms with E-state index in [0.717, 1.165) is 22.6 Å². The molecule has 0 bridgehead atoms. The fourth-order valence-electron chi connectivity index (χ4n) is 3.50. The van der Waals surface area contributed by atoms with Crippen molar-refractivity contribution in [1.29, 1.82) is 0 Å². The molecule has 0 aliphatic carbocycles. The van der Waals surface area contributed by atoms with Gasteiger partial charge in [0.15, 0.2) is 0 Å². The molecule has 4 aromatic rings. The van der Waals surface area contributed by atoms with Crippen LogP contribution in [0.3, 0.4) is 0 Å². The monoisotopic (exact) mass is 385 g/mol. The third kappa shape index (κ3) is 3.63. The van der Waals surface area contributed by atoms with Crippen molar-refractivity contribution < 1.29 is 4.74 Å². The van der Waals surface area contributed by atoms with E-state index < -0.39 is 0 Å². The van der Waals surface area contributed by atoms with Gasteiger partial charge in [0.05, 0.1) is 28.9 Å². The van der Waals surface area contributed by atoms with Crippen LogP contribution in [-0.4, -0.2) is 20.6 Å². The summed E-state index contributed by atoms with van der Waals surface area (Å²) >= 11 is 0. The first kappa shape index (κ1) is 18.9. The number of fused-ring (bicyclic) bond motifs is 1. The van der Waals surface area contributed by atoms with Gasteiger partial charge >= 0.3 is 0 Å². The lowest BCUT2D eigenvalue weighted by atomic mass is 10.0. The Bertz CT molecular complexity index is 1210. The van der Waals surface area contributed by atoms with Gasteiger partial charge in [0.25, 0.3) is 5.56 Å². The van der Waals surface area contributed by atoms with E-state index in [2.05, 4.69) is 4.98 Å². The molecule has 0 saturated carbocycles. The second kappa shape index (κ2) is 7.87. The molecular weight excluding hydrogens is 362 g/mol. The molecule has 0 saturated heterocycles. The number of para-hydroxylation sites is 1. The van der Waals surface area contributed by atoms with Crippen molar-refractivity contribution in [2.75, 3.05) is 0 Å². The van der Waals surface area contributed by atoms with E-state index in [4.69, 9.17) is 9.72 Å². The van der Waals surface area contributed by atoms with Gasteiger partial charge < -0.3 is 4.74 Å². The standard InChI is InChI=1S/C24H23N3O2/c1-4-22-26-21-12-8-11-20(17-13-19(15-25-14-17)29-16(2)3)23(21)24(28)27(22)18-9-6-5-7-10-18/h5-16H,4H2,1-3H3. The van der Waals surface area contributed by atoms with Crippen molar-refractivity contribution >= 4 is 10.9 Å². The molecule has 146 valence electrons. The molecule has 0 spiro atoms. The highest BCUT2D eigenvalue weighted by atomic mass is 16.5. The van der Waals surface area contributed by atoms with E-state index in [1.807, 2.05) is 75.4 Å². The van der Waals surface area contributed by atoms with Gasteiger partial charge in [-0.1, -0.05) is 37.3 Å². The van der Waals surface area contributed by atoms with Gasteiger partial charge in [0, 0.05) is 18.2 Å². The minimum atomic E-state index is -0.0798. The van der Waals surface area contributed by atoms with Gasteiger partial charge in [-0.15, -0.1) is 0 Å². The summed E-state index contributed by atoms with van der Waals surface area (Å²) in [5.41, 5.74) is 3.05. The summed E-state index contributed by atoms with van der Waals surface area (Å²) in [7, 11) is 0. The first-order chi connectivity index (χ1) is 14.1. The number of hydrogen-bond donors (Lipinski definition) is 0. The predicted octanol–water partition coefficient (Wildman–Crippen LogP) is 4.80. The molecule has 0 unspecified atom stereocenters. The summed E-state index contributed by atoms with van der Waals surface area (Å²) in [6.07, 6.45) is 4.14. The van der Waals surface area contributed by atoms with Crippen LogP contribution in [0.5, 0.6) is 5.75 Å². The molecule has 0 fully saturated rings. The topological polar surface area (TPSA) is 57.0 Å². The Hall–Kier alpha value is -3.47. The quantitative estimate of drug-likeness (QED) is 0.495. The fraction of sp³-hybridized carbons (Fsp3) is 0.208. The number of benzene rings is 2. The Labute approximate surface area is 169 Å². The second-order valence-electron chi connectivity index (χ2n) is 7.13. The summed E-state index contributed by atoms with van der Waals surface area (Å²) in [4.78, 5) is 22.7. The highest BCUT2D eigenvalue weighted by molar-refractivity contribution is 5.94. The van der Waals surface area contributed by atoms with Crippen molar-refractivity contribution in [2.24, 2.45) is 0 Å². The first-order valence-electron chi connectivity index (χ1n) is 9.80. The molecule has 5 heteroatoms. The minimum Gasteiger partial charge on any atom is -0.489 e. The number of aromatic nitrogens is 3. The van der Waals surface area contributed by atoms with Crippen molar-refractivity contribution in [3.05, 3.63) is 83.2 Å². The smallest absolute Gasteiger partial charge is 0.266 e. The largest absolute Gasteiger partial charge is 0.489 e. The molecule has 0 N–H and O–H groups in total. The molecule has 2 aromatic carbocycles. The molecule has 29 heavy (non-hydrogen) atoms. The van der Waals surface area contributed by atoms with Gasteiger partial charge in [-0.2, -0.15) is 0 Å². The summed E-state index contributed by atoms with van der Waals surface area (Å²) < 4.78 is 7.49. The van der Waals surface area contributed by atoms with Crippen LogP contribution >= 0.6 is 0 Å². The molecular formula is C24H23N3O2. The van der Waals surface area contributed by atoms with Crippen LogP contribution in [0.25, 0.3) is 27.7 Å². The number of aryl methyl sites for hydroxylation is 1. The lowest BCUT2D eigenvalue weighted by molar-refractivity contribution is 0.241. The Morgan fingerprint density at radius 1 is 1.03 bits per heavy atom. The van der Waals surface area contributed by atoms with Gasteiger partial charge in [-0.05, 0) is 43.7 Å². The third-order valence-corrected chi connectivity index (χ3v) is 4.69. The van der Waals surface area contributed by atoms with Crippen molar-refractivity contribution in [3.63, 3.8) is 0 Å². The van der Waals surface area contributed by atoms with E-state index in [0.29, 0.717) is 23.1 Å². The lowest BCUT2D eigenvalue weighted by Gasteiger charge is -2.15. The van der Waals surface area contributed by atoms with Gasteiger partial charge in [0.1, 0.15) is 11.6 Å². The lowest BCUT2D eigenvalue weighted by Crippen LogP contribution is -2.24. The maximum Gasteiger partial charge on any atom is 0.266 e. The SMILES string of the molecule is CCc1nc2cccc(-c3cncc(OC(C)C)c3)c2c(=O)n1-c1ccccc1. The predicted molar refractivity (Wildman–Crippen MR) is 116 cm³/mol. The van der Waals surface area contributed by atoms with E-state index >= 15 is 0 Å². The number of rotatable bonds is 5. The van der Waals surface area contributed by atoms with Crippen molar-refractivity contribution in [1.82, 2.24) is 14.5 Å². The van der Waals surface area contributed by atoms with E-state index in [9.17, 15) is 4.79 Å². The highest BCUT2D eigenvalue weighted by Crippen LogP contribution is 2.28. The molecule has 0 aliphatic heterocycles. The number of hydrogen-bond acceptors (Lipinski definition) is 4. The Morgan fingerprint density at radius 3 is 2.55 bits per heavy atom. The maximum atomic E-state index is 13.6. The van der Waals surface area contributed by atoms with Gasteiger partial charge in [-0.3, -0.25) is 14.3 Å². The van der Waals surface area contributed by atoms with Crippen LogP contribution in [0, 0.1) is 0 Å². The zero-order valence-corrected chi connectivity index (χ0v) is 16.8. The zero-order valence-electron chi connectivity index (χ0n) is 16.8. The molecule has 0 radical (unpaired) electrons. The van der Waals surface area contributed by atoms with Crippen LogP contribution in [0.2, 0.25) is 0 Å². The maximum absolute atomic E-state index is 13.6. The van der Waals surface area contributed by atoms with Crippen LogP contribution in [0.1, 0.15) is 26.6 Å². The summed E-state index contributed by atoms with van der Waals surface area (Å²) in [5, 5.41) is 0.581. The molecule has 5 nitrogen and oxygen atoms in total. The molecule has 2 aromatic heterocycles. The first-order valence-corrected chi connectivity index (χ1v) is 9.80. The zero-order chi connectivity index (χ0) is 20.4. The Kier molecular flexibility index (Phi) is 5.12. The van der Waals surface area contributed by atoms with Crippen LogP contribution in [0.15, 0.2) is 71.8 Å². The van der Waals surface area contributed by atoms with Crippen molar-refractivity contribution in [3.8, 4) is 22.6 Å². The summed E-state index contributed by atoms with van der Waals surface area (Å²) in [6.45, 7) is 5.95. The van der Waals surface area contributed by atoms with Gasteiger partial charge in [-0.25, -0.2) is 4.98 Å². The molecule has 0 aliphatic rings. The van der Waals surface area contributed by atoms with E-state index in [-0.39, 0.29) is 11.7 Å².